The minimum absolute atomic E-state index is 0.212. The Balaban J connectivity index is 1.48. The number of hydrogen-bond acceptors (Lipinski definition) is 4. The van der Waals surface area contributed by atoms with Gasteiger partial charge in [-0.25, -0.2) is 13.1 Å². The highest BCUT2D eigenvalue weighted by molar-refractivity contribution is 7.89. The summed E-state index contributed by atoms with van der Waals surface area (Å²) in [6.07, 6.45) is 3.99. The fourth-order valence-corrected chi connectivity index (χ4v) is 4.00. The molecule has 0 bridgehead atoms. The van der Waals surface area contributed by atoms with Crippen molar-refractivity contribution in [3.05, 3.63) is 48.3 Å². The molecule has 1 aliphatic heterocycles. The van der Waals surface area contributed by atoms with Gasteiger partial charge in [-0.15, -0.1) is 0 Å². The fourth-order valence-electron chi connectivity index (χ4n) is 2.99. The molecule has 1 aliphatic rings. The fraction of sp³-hybridized carbons (Fsp3) is 0.438. The van der Waals surface area contributed by atoms with Gasteiger partial charge in [0, 0.05) is 32.9 Å². The molecule has 1 aromatic heterocycles. The molecular weight excluding hydrogens is 312 g/mol. The van der Waals surface area contributed by atoms with Crippen LogP contribution in [0.15, 0.2) is 47.6 Å². The lowest BCUT2D eigenvalue weighted by Gasteiger charge is -2.16. The Morgan fingerprint density at radius 3 is 2.78 bits per heavy atom. The van der Waals surface area contributed by atoms with Crippen LogP contribution in [0.1, 0.15) is 17.9 Å². The van der Waals surface area contributed by atoms with Gasteiger partial charge in [-0.3, -0.25) is 4.68 Å². The zero-order valence-corrected chi connectivity index (χ0v) is 14.0. The summed E-state index contributed by atoms with van der Waals surface area (Å²) < 4.78 is 28.4. The Kier molecular flexibility index (Phi) is 4.79. The predicted molar refractivity (Wildman–Crippen MR) is 88.6 cm³/mol. The molecule has 0 aliphatic carbocycles. The molecule has 0 saturated carbocycles. The number of hydrogen-bond donors (Lipinski definition) is 1. The van der Waals surface area contributed by atoms with Crippen molar-refractivity contribution in [1.82, 2.24) is 19.4 Å². The summed E-state index contributed by atoms with van der Waals surface area (Å²) in [4.78, 5) is 2.52. The molecule has 6 nitrogen and oxygen atoms in total. The van der Waals surface area contributed by atoms with Crippen LogP contribution in [0.25, 0.3) is 0 Å². The van der Waals surface area contributed by atoms with Crippen molar-refractivity contribution in [2.45, 2.75) is 17.2 Å². The molecule has 124 valence electrons. The van der Waals surface area contributed by atoms with Gasteiger partial charge in [0.25, 0.3) is 0 Å². The molecule has 0 spiro atoms. The maximum absolute atomic E-state index is 12.1. The SMILES string of the molecule is Cn1cc(S(=O)(=O)NCCN2CC[C@@H](c3ccccc3)C2)cn1. The molecule has 1 atom stereocenters. The summed E-state index contributed by atoms with van der Waals surface area (Å²) >= 11 is 0. The van der Waals surface area contributed by atoms with E-state index >= 15 is 0 Å². The molecule has 0 radical (unpaired) electrons. The standard InChI is InChI=1S/C16H22N4O2S/c1-19-13-16(11-17-19)23(21,22)18-8-10-20-9-7-15(12-20)14-5-3-2-4-6-14/h2-6,11,13,15,18H,7-10,12H2,1H3/t15-/m1/s1. The number of aromatic nitrogens is 2. The van der Waals surface area contributed by atoms with E-state index in [0.29, 0.717) is 12.5 Å². The Hall–Kier alpha value is -1.70. The first-order valence-electron chi connectivity index (χ1n) is 7.80. The largest absolute Gasteiger partial charge is 0.301 e. The number of benzene rings is 1. The second-order valence-corrected chi connectivity index (χ2v) is 7.71. The lowest BCUT2D eigenvalue weighted by Crippen LogP contribution is -2.33. The van der Waals surface area contributed by atoms with Crippen molar-refractivity contribution in [3.8, 4) is 0 Å². The molecule has 2 aromatic rings. The van der Waals surface area contributed by atoms with E-state index in [4.69, 9.17) is 0 Å². The Labute approximate surface area is 137 Å². The average Bonchev–Trinajstić information content (AvgIpc) is 3.17. The minimum Gasteiger partial charge on any atom is -0.301 e. The monoisotopic (exact) mass is 334 g/mol. The second-order valence-electron chi connectivity index (χ2n) is 5.94. The van der Waals surface area contributed by atoms with Gasteiger partial charge in [0.15, 0.2) is 0 Å². The lowest BCUT2D eigenvalue weighted by molar-refractivity contribution is 0.339. The van der Waals surface area contributed by atoms with Gasteiger partial charge in [0.1, 0.15) is 4.90 Å². The minimum atomic E-state index is -3.46. The van der Waals surface area contributed by atoms with Gasteiger partial charge < -0.3 is 4.90 Å². The third-order valence-corrected chi connectivity index (χ3v) is 5.67. The number of rotatable bonds is 6. The van der Waals surface area contributed by atoms with Crippen LogP contribution in [0.3, 0.4) is 0 Å². The molecular formula is C16H22N4O2S. The Morgan fingerprint density at radius 1 is 1.30 bits per heavy atom. The molecule has 3 rings (SSSR count). The van der Waals surface area contributed by atoms with Gasteiger partial charge in [0.05, 0.1) is 6.20 Å². The highest BCUT2D eigenvalue weighted by Gasteiger charge is 2.24. The third-order valence-electron chi connectivity index (χ3n) is 4.25. The van der Waals surface area contributed by atoms with Crippen LogP contribution in [0.2, 0.25) is 0 Å². The molecule has 1 N–H and O–H groups in total. The summed E-state index contributed by atoms with van der Waals surface area (Å²) in [5.74, 6) is 0.547. The van der Waals surface area contributed by atoms with Gasteiger partial charge in [-0.1, -0.05) is 30.3 Å². The van der Waals surface area contributed by atoms with Crippen LogP contribution < -0.4 is 4.72 Å². The maximum atomic E-state index is 12.1. The summed E-state index contributed by atoms with van der Waals surface area (Å²) in [6, 6.07) is 10.5. The highest BCUT2D eigenvalue weighted by Crippen LogP contribution is 2.26. The van der Waals surface area contributed by atoms with E-state index in [9.17, 15) is 8.42 Å². The molecule has 7 heteroatoms. The third kappa shape index (κ3) is 3.99. The summed E-state index contributed by atoms with van der Waals surface area (Å²) in [5.41, 5.74) is 1.37. The van der Waals surface area contributed by atoms with Crippen molar-refractivity contribution in [2.75, 3.05) is 26.2 Å². The summed E-state index contributed by atoms with van der Waals surface area (Å²) in [6.45, 7) is 3.13. The lowest BCUT2D eigenvalue weighted by atomic mass is 9.99. The first-order chi connectivity index (χ1) is 11.0. The van der Waals surface area contributed by atoms with Crippen LogP contribution in [-0.2, 0) is 17.1 Å². The van der Waals surface area contributed by atoms with E-state index in [1.807, 2.05) is 6.07 Å². The Morgan fingerprint density at radius 2 is 2.09 bits per heavy atom. The topological polar surface area (TPSA) is 67.2 Å². The molecule has 1 saturated heterocycles. The number of likely N-dealkylation sites (tertiary alicyclic amines) is 1. The first kappa shape index (κ1) is 16.2. The van der Waals surface area contributed by atoms with E-state index in [2.05, 4.69) is 39.0 Å². The van der Waals surface area contributed by atoms with Crippen molar-refractivity contribution in [1.29, 1.82) is 0 Å². The zero-order valence-electron chi connectivity index (χ0n) is 13.2. The molecule has 23 heavy (non-hydrogen) atoms. The van der Waals surface area contributed by atoms with Crippen LogP contribution in [0, 0.1) is 0 Å². The molecule has 1 fully saturated rings. The van der Waals surface area contributed by atoms with Crippen molar-refractivity contribution in [3.63, 3.8) is 0 Å². The second kappa shape index (κ2) is 6.82. The molecule has 1 aromatic carbocycles. The number of nitrogens with zero attached hydrogens (tertiary/aromatic N) is 3. The van der Waals surface area contributed by atoms with Crippen LogP contribution in [0.5, 0.6) is 0 Å². The number of nitrogens with one attached hydrogen (secondary N) is 1. The van der Waals surface area contributed by atoms with E-state index in [-0.39, 0.29) is 4.90 Å². The smallest absolute Gasteiger partial charge is 0.243 e. The van der Waals surface area contributed by atoms with E-state index < -0.39 is 10.0 Å². The predicted octanol–water partition coefficient (Wildman–Crippen LogP) is 1.19. The van der Waals surface area contributed by atoms with Gasteiger partial charge in [0.2, 0.25) is 10.0 Å². The molecule has 2 heterocycles. The van der Waals surface area contributed by atoms with Crippen LogP contribution >= 0.6 is 0 Å². The van der Waals surface area contributed by atoms with E-state index in [0.717, 1.165) is 26.1 Å². The summed E-state index contributed by atoms with van der Waals surface area (Å²) in [7, 11) is -1.76. The maximum Gasteiger partial charge on any atom is 0.243 e. The van der Waals surface area contributed by atoms with Crippen LogP contribution in [0.4, 0.5) is 0 Å². The average molecular weight is 334 g/mol. The van der Waals surface area contributed by atoms with E-state index in [1.54, 1.807) is 7.05 Å². The normalized spacial score (nSPS) is 19.3. The van der Waals surface area contributed by atoms with Crippen molar-refractivity contribution < 1.29 is 8.42 Å². The van der Waals surface area contributed by atoms with Crippen molar-refractivity contribution in [2.24, 2.45) is 7.05 Å². The number of aryl methyl sites for hydroxylation is 1. The molecule has 0 amide bonds. The summed E-state index contributed by atoms with van der Waals surface area (Å²) in [5, 5.41) is 3.90. The van der Waals surface area contributed by atoms with E-state index in [1.165, 1.54) is 22.6 Å². The molecule has 0 unspecified atom stereocenters. The highest BCUT2D eigenvalue weighted by atomic mass is 32.2. The quantitative estimate of drug-likeness (QED) is 0.862. The van der Waals surface area contributed by atoms with Gasteiger partial charge >= 0.3 is 0 Å². The van der Waals surface area contributed by atoms with Crippen molar-refractivity contribution >= 4 is 10.0 Å². The zero-order chi connectivity index (χ0) is 16.3. The number of sulfonamides is 1. The van der Waals surface area contributed by atoms with Gasteiger partial charge in [-0.05, 0) is 24.4 Å². The van der Waals surface area contributed by atoms with Crippen LogP contribution in [-0.4, -0.2) is 49.3 Å². The Bertz CT molecular complexity index is 742. The van der Waals surface area contributed by atoms with Gasteiger partial charge in [-0.2, -0.15) is 5.10 Å². The first-order valence-corrected chi connectivity index (χ1v) is 9.28.